The first-order valence-electron chi connectivity index (χ1n) is 13.3. The van der Waals surface area contributed by atoms with Gasteiger partial charge in [-0.25, -0.2) is 9.38 Å². The second kappa shape index (κ2) is 12.5. The maximum absolute atomic E-state index is 14.8. The van der Waals surface area contributed by atoms with Crippen LogP contribution < -0.4 is 5.32 Å². The predicted molar refractivity (Wildman–Crippen MR) is 159 cm³/mol. The zero-order chi connectivity index (χ0) is 29.0. The van der Waals surface area contributed by atoms with E-state index >= 15 is 0 Å². The van der Waals surface area contributed by atoms with Crippen molar-refractivity contribution in [3.05, 3.63) is 88.4 Å². The van der Waals surface area contributed by atoms with Crippen molar-refractivity contribution in [1.29, 1.82) is 0 Å². The molecule has 40 heavy (non-hydrogen) atoms. The fourth-order valence-corrected chi connectivity index (χ4v) is 5.45. The first-order valence-corrected chi connectivity index (χ1v) is 13.7. The van der Waals surface area contributed by atoms with Gasteiger partial charge in [0.15, 0.2) is 0 Å². The number of benzene rings is 2. The van der Waals surface area contributed by atoms with Gasteiger partial charge in [0.05, 0.1) is 16.9 Å². The van der Waals surface area contributed by atoms with Gasteiger partial charge in [0.25, 0.3) is 0 Å². The van der Waals surface area contributed by atoms with Crippen LogP contribution in [-0.2, 0) is 9.59 Å². The third kappa shape index (κ3) is 5.97. The average Bonchev–Trinajstić information content (AvgIpc) is 2.93. The number of aliphatic hydroxyl groups excluding tert-OH is 1. The first kappa shape index (κ1) is 29.1. The van der Waals surface area contributed by atoms with E-state index < -0.39 is 5.83 Å². The molecule has 1 unspecified atom stereocenters. The number of rotatable bonds is 7. The monoisotopic (exact) mass is 564 g/mol. The van der Waals surface area contributed by atoms with E-state index in [1.807, 2.05) is 31.2 Å². The lowest BCUT2D eigenvalue weighted by molar-refractivity contribution is -0.128. The van der Waals surface area contributed by atoms with Gasteiger partial charge in [-0.1, -0.05) is 50.2 Å². The standard InChI is InChI=1S/C31H34ClFN4O3/c1-5-29(40)36-13-14-37(20(4)17-36)31(35-26-11-7-6-9-21(26)19(2)3)23-15-24(32)22(16-27(23)34-18-38)30-25(33)10-8-12-28(30)39/h5-7,9-11,15-16,18-20,39H,1,8,12-14,17H2,2-4H3,(H,34,38)/b35-31+. The van der Waals surface area contributed by atoms with Crippen LogP contribution in [0, 0.1) is 0 Å². The number of amidine groups is 1. The van der Waals surface area contributed by atoms with E-state index in [1.165, 1.54) is 12.2 Å². The number of hydrogen-bond donors (Lipinski definition) is 2. The highest BCUT2D eigenvalue weighted by Crippen LogP contribution is 2.40. The van der Waals surface area contributed by atoms with Gasteiger partial charge in [0, 0.05) is 48.2 Å². The molecule has 2 aliphatic rings. The molecule has 2 N–H and O–H groups in total. The van der Waals surface area contributed by atoms with Gasteiger partial charge in [-0.15, -0.1) is 0 Å². The molecule has 0 radical (unpaired) electrons. The molecule has 1 aliphatic heterocycles. The normalized spacial score (nSPS) is 18.1. The molecule has 1 heterocycles. The molecular weight excluding hydrogens is 531 g/mol. The van der Waals surface area contributed by atoms with Crippen LogP contribution in [0.4, 0.5) is 15.8 Å². The minimum Gasteiger partial charge on any atom is -0.512 e. The fourth-order valence-electron chi connectivity index (χ4n) is 5.19. The maximum Gasteiger partial charge on any atom is 0.246 e. The van der Waals surface area contributed by atoms with Gasteiger partial charge < -0.3 is 20.2 Å². The van der Waals surface area contributed by atoms with E-state index in [4.69, 9.17) is 16.6 Å². The van der Waals surface area contributed by atoms with Gasteiger partial charge in [0.1, 0.15) is 17.4 Å². The second-order valence-corrected chi connectivity index (χ2v) is 10.6. The largest absolute Gasteiger partial charge is 0.512 e. The molecule has 0 bridgehead atoms. The SMILES string of the molecule is C=CC(=O)N1CCN(/C(=N/c2ccccc2C(C)C)c2cc(Cl)c(C3=C(O)CCC=C3F)cc2NC=O)C(C)C1. The molecule has 9 heteroatoms. The number of nitrogens with one attached hydrogen (secondary N) is 1. The van der Waals surface area contributed by atoms with Gasteiger partial charge in [-0.3, -0.25) is 9.59 Å². The zero-order valence-corrected chi connectivity index (χ0v) is 23.7. The van der Waals surface area contributed by atoms with Crippen LogP contribution in [0.5, 0.6) is 0 Å². The highest BCUT2D eigenvalue weighted by Gasteiger charge is 2.31. The molecule has 1 atom stereocenters. The minimum atomic E-state index is -0.563. The molecule has 1 fully saturated rings. The van der Waals surface area contributed by atoms with Crippen LogP contribution in [0.3, 0.4) is 0 Å². The number of hydrogen-bond acceptors (Lipinski definition) is 4. The van der Waals surface area contributed by atoms with Crippen molar-refractivity contribution in [3.8, 4) is 0 Å². The van der Waals surface area contributed by atoms with E-state index in [-0.39, 0.29) is 39.8 Å². The fraction of sp³-hybridized carbons (Fsp3) is 0.323. The second-order valence-electron chi connectivity index (χ2n) is 10.2. The highest BCUT2D eigenvalue weighted by atomic mass is 35.5. The number of allylic oxidation sites excluding steroid dienone is 4. The number of para-hydroxylation sites is 1. The molecule has 1 saturated heterocycles. The lowest BCUT2D eigenvalue weighted by Crippen LogP contribution is -2.55. The Balaban J connectivity index is 1.91. The van der Waals surface area contributed by atoms with Crippen molar-refractivity contribution in [1.82, 2.24) is 9.80 Å². The maximum atomic E-state index is 14.8. The number of carbonyl (C=O) groups is 2. The summed E-state index contributed by atoms with van der Waals surface area (Å²) in [6.45, 7) is 11.2. The molecular formula is C31H34ClFN4O3. The third-order valence-corrected chi connectivity index (χ3v) is 7.55. The Morgan fingerprint density at radius 3 is 2.67 bits per heavy atom. The van der Waals surface area contributed by atoms with E-state index in [0.717, 1.165) is 11.3 Å². The lowest BCUT2D eigenvalue weighted by Gasteiger charge is -2.41. The Kier molecular flexibility index (Phi) is 9.10. The molecule has 2 amide bonds. The molecule has 1 aliphatic carbocycles. The number of carbonyl (C=O) groups excluding carboxylic acids is 2. The van der Waals surface area contributed by atoms with E-state index in [1.54, 1.807) is 17.0 Å². The summed E-state index contributed by atoms with van der Waals surface area (Å²) >= 11 is 6.76. The van der Waals surface area contributed by atoms with Gasteiger partial charge >= 0.3 is 0 Å². The van der Waals surface area contributed by atoms with Gasteiger partial charge in [0.2, 0.25) is 12.3 Å². The van der Waals surface area contributed by atoms with Crippen molar-refractivity contribution >= 4 is 46.7 Å². The lowest BCUT2D eigenvalue weighted by atomic mass is 9.94. The molecule has 0 aromatic heterocycles. The van der Waals surface area contributed by atoms with Crippen LogP contribution in [-0.4, -0.2) is 58.7 Å². The molecule has 0 saturated carbocycles. The summed E-state index contributed by atoms with van der Waals surface area (Å²) in [6, 6.07) is 10.9. The molecule has 7 nitrogen and oxygen atoms in total. The van der Waals surface area contributed by atoms with Crippen LogP contribution in [0.1, 0.15) is 56.2 Å². The molecule has 2 aromatic rings. The third-order valence-electron chi connectivity index (χ3n) is 7.23. The summed E-state index contributed by atoms with van der Waals surface area (Å²) in [4.78, 5) is 33.0. The summed E-state index contributed by atoms with van der Waals surface area (Å²) in [5.74, 6) is -0.0337. The number of piperazine rings is 1. The Hall–Kier alpha value is -3.91. The van der Waals surface area contributed by atoms with Crippen molar-refractivity contribution in [2.24, 2.45) is 4.99 Å². The quantitative estimate of drug-likeness (QED) is 0.169. The number of amides is 2. The Morgan fingerprint density at radius 1 is 1.27 bits per heavy atom. The number of halogens is 2. The van der Waals surface area contributed by atoms with E-state index in [2.05, 4.69) is 30.6 Å². The van der Waals surface area contributed by atoms with Crippen LogP contribution in [0.2, 0.25) is 5.02 Å². The summed E-state index contributed by atoms with van der Waals surface area (Å²) in [7, 11) is 0. The van der Waals surface area contributed by atoms with E-state index in [9.17, 15) is 19.1 Å². The molecule has 4 rings (SSSR count). The van der Waals surface area contributed by atoms with Crippen molar-refractivity contribution in [2.75, 3.05) is 25.0 Å². The molecule has 2 aromatic carbocycles. The average molecular weight is 565 g/mol. The molecule has 210 valence electrons. The summed E-state index contributed by atoms with van der Waals surface area (Å²) < 4.78 is 14.8. The predicted octanol–water partition coefficient (Wildman–Crippen LogP) is 6.75. The number of aliphatic hydroxyl groups is 1. The topological polar surface area (TPSA) is 85.2 Å². The van der Waals surface area contributed by atoms with Crippen LogP contribution in [0.15, 0.2) is 71.7 Å². The minimum absolute atomic E-state index is 0.0188. The number of aliphatic imine (C=N–C) groups is 1. The van der Waals surface area contributed by atoms with E-state index in [0.29, 0.717) is 56.0 Å². The smallest absolute Gasteiger partial charge is 0.246 e. The van der Waals surface area contributed by atoms with Gasteiger partial charge in [-0.2, -0.15) is 0 Å². The van der Waals surface area contributed by atoms with Crippen molar-refractivity contribution < 1.29 is 19.1 Å². The Bertz CT molecular complexity index is 1420. The van der Waals surface area contributed by atoms with Crippen LogP contribution >= 0.6 is 11.6 Å². The number of anilines is 1. The zero-order valence-electron chi connectivity index (χ0n) is 23.0. The van der Waals surface area contributed by atoms with Crippen molar-refractivity contribution in [3.63, 3.8) is 0 Å². The number of nitrogens with zero attached hydrogens (tertiary/aromatic N) is 3. The summed E-state index contributed by atoms with van der Waals surface area (Å²) in [5.41, 5.74) is 3.01. The molecule has 0 spiro atoms. The highest BCUT2D eigenvalue weighted by molar-refractivity contribution is 6.33. The first-order chi connectivity index (χ1) is 19.2. The van der Waals surface area contributed by atoms with Crippen LogP contribution in [0.25, 0.3) is 5.57 Å². The summed E-state index contributed by atoms with van der Waals surface area (Å²) in [6.07, 6.45) is 3.95. The van der Waals surface area contributed by atoms with Crippen molar-refractivity contribution in [2.45, 2.75) is 45.6 Å². The Labute approximate surface area is 239 Å². The van der Waals surface area contributed by atoms with Gasteiger partial charge in [-0.05, 0) is 55.2 Å². The Morgan fingerprint density at radius 2 is 2.02 bits per heavy atom. The summed E-state index contributed by atoms with van der Waals surface area (Å²) in [5, 5.41) is 13.4.